The first kappa shape index (κ1) is 17.2. The number of halogens is 1. The van der Waals surface area contributed by atoms with Crippen LogP contribution in [0.4, 0.5) is 0 Å². The highest BCUT2D eigenvalue weighted by Crippen LogP contribution is 2.23. The zero-order valence-corrected chi connectivity index (χ0v) is 15.7. The lowest BCUT2D eigenvalue weighted by Gasteiger charge is -2.44. The molecule has 1 heterocycles. The van der Waals surface area contributed by atoms with E-state index in [2.05, 4.69) is 58.9 Å². The van der Waals surface area contributed by atoms with E-state index in [0.717, 1.165) is 29.7 Å². The maximum absolute atomic E-state index is 12.9. The fraction of sp³-hybridized carbons (Fsp3) is 0.350. The second-order valence-electron chi connectivity index (χ2n) is 6.55. The zero-order chi connectivity index (χ0) is 17.1. The van der Waals surface area contributed by atoms with Crippen LogP contribution >= 0.6 is 15.9 Å². The molecule has 0 N–H and O–H groups in total. The number of hydrogen-bond donors (Lipinski definition) is 0. The highest BCUT2D eigenvalue weighted by molar-refractivity contribution is 9.10. The summed E-state index contributed by atoms with van der Waals surface area (Å²) < 4.78 is 0.863. The average molecular weight is 387 g/mol. The summed E-state index contributed by atoms with van der Waals surface area (Å²) in [4.78, 5) is 17.3. The van der Waals surface area contributed by atoms with Crippen LogP contribution in [0.25, 0.3) is 0 Å². The van der Waals surface area contributed by atoms with Gasteiger partial charge in [-0.05, 0) is 47.5 Å². The Labute approximate surface area is 152 Å². The molecule has 24 heavy (non-hydrogen) atoms. The quantitative estimate of drug-likeness (QED) is 0.789. The van der Waals surface area contributed by atoms with Crippen molar-refractivity contribution in [1.29, 1.82) is 0 Å². The van der Waals surface area contributed by atoms with Crippen LogP contribution in [-0.4, -0.2) is 40.9 Å². The van der Waals surface area contributed by atoms with Crippen molar-refractivity contribution in [2.45, 2.75) is 32.5 Å². The Morgan fingerprint density at radius 3 is 2.21 bits per heavy atom. The third kappa shape index (κ3) is 3.70. The van der Waals surface area contributed by atoms with E-state index in [4.69, 9.17) is 0 Å². The van der Waals surface area contributed by atoms with E-state index in [1.54, 1.807) is 0 Å². The Hall–Kier alpha value is -1.65. The lowest BCUT2D eigenvalue weighted by atomic mass is 10.0. The first-order valence-corrected chi connectivity index (χ1v) is 9.19. The van der Waals surface area contributed by atoms with Crippen LogP contribution in [0.2, 0.25) is 0 Å². The average Bonchev–Trinajstić information content (AvgIpc) is 2.59. The van der Waals surface area contributed by atoms with Gasteiger partial charge in [-0.25, -0.2) is 0 Å². The van der Waals surface area contributed by atoms with E-state index in [0.29, 0.717) is 12.1 Å². The van der Waals surface area contributed by atoms with E-state index in [-0.39, 0.29) is 5.91 Å². The van der Waals surface area contributed by atoms with E-state index in [9.17, 15) is 4.79 Å². The number of hydrogen-bond acceptors (Lipinski definition) is 2. The molecule has 1 aliphatic rings. The molecule has 1 saturated heterocycles. The molecular formula is C20H23BrN2O. The highest BCUT2D eigenvalue weighted by atomic mass is 79.9. The van der Waals surface area contributed by atoms with Gasteiger partial charge in [0.25, 0.3) is 5.91 Å². The van der Waals surface area contributed by atoms with Crippen molar-refractivity contribution in [1.82, 2.24) is 9.80 Å². The highest BCUT2D eigenvalue weighted by Gasteiger charge is 2.32. The third-order valence-corrected chi connectivity index (χ3v) is 5.39. The van der Waals surface area contributed by atoms with Crippen molar-refractivity contribution in [3.05, 3.63) is 70.2 Å². The summed E-state index contributed by atoms with van der Waals surface area (Å²) in [5.74, 6) is 0.112. The molecule has 2 aromatic rings. The molecule has 126 valence electrons. The van der Waals surface area contributed by atoms with E-state index in [1.807, 2.05) is 35.2 Å². The van der Waals surface area contributed by atoms with Gasteiger partial charge in [0, 0.05) is 36.2 Å². The minimum atomic E-state index is 0.112. The Morgan fingerprint density at radius 1 is 1.00 bits per heavy atom. The van der Waals surface area contributed by atoms with Gasteiger partial charge in [-0.3, -0.25) is 9.69 Å². The molecule has 4 heteroatoms. The van der Waals surface area contributed by atoms with Crippen molar-refractivity contribution in [2.24, 2.45) is 0 Å². The zero-order valence-electron chi connectivity index (χ0n) is 14.2. The number of rotatable bonds is 3. The van der Waals surface area contributed by atoms with Gasteiger partial charge in [-0.15, -0.1) is 0 Å². The summed E-state index contributed by atoms with van der Waals surface area (Å²) in [6, 6.07) is 18.9. The largest absolute Gasteiger partial charge is 0.335 e. The first-order chi connectivity index (χ1) is 11.6. The molecule has 3 nitrogen and oxygen atoms in total. The Kier molecular flexibility index (Phi) is 5.36. The normalized spacial score (nSPS) is 21.7. The van der Waals surface area contributed by atoms with Crippen molar-refractivity contribution in [3.8, 4) is 0 Å². The molecule has 0 bridgehead atoms. The lowest BCUT2D eigenvalue weighted by molar-refractivity contribution is 0.0269. The fourth-order valence-corrected chi connectivity index (χ4v) is 3.89. The van der Waals surface area contributed by atoms with Crippen molar-refractivity contribution < 1.29 is 4.79 Å². The summed E-state index contributed by atoms with van der Waals surface area (Å²) in [5.41, 5.74) is 2.06. The minimum Gasteiger partial charge on any atom is -0.335 e. The Bertz CT molecular complexity index is 692. The SMILES string of the molecule is CC1CN(C(=O)c2ccccc2Br)CC(C)N1Cc1ccccc1. The topological polar surface area (TPSA) is 23.6 Å². The van der Waals surface area contributed by atoms with E-state index < -0.39 is 0 Å². The number of carbonyl (C=O) groups is 1. The van der Waals surface area contributed by atoms with Gasteiger partial charge in [0.05, 0.1) is 5.56 Å². The van der Waals surface area contributed by atoms with Gasteiger partial charge in [0.1, 0.15) is 0 Å². The molecule has 1 aliphatic heterocycles. The van der Waals surface area contributed by atoms with Crippen LogP contribution in [0, 0.1) is 0 Å². The van der Waals surface area contributed by atoms with Gasteiger partial charge in [0.15, 0.2) is 0 Å². The summed E-state index contributed by atoms with van der Waals surface area (Å²) in [6.45, 7) is 6.87. The fourth-order valence-electron chi connectivity index (χ4n) is 3.43. The van der Waals surface area contributed by atoms with E-state index in [1.165, 1.54) is 5.56 Å². The monoisotopic (exact) mass is 386 g/mol. The standard InChI is InChI=1S/C20H23BrN2O/c1-15-12-22(20(24)18-10-6-7-11-19(18)21)13-16(2)23(15)14-17-8-4-3-5-9-17/h3-11,15-16H,12-14H2,1-2H3. The first-order valence-electron chi connectivity index (χ1n) is 8.39. The molecule has 2 unspecified atom stereocenters. The van der Waals surface area contributed by atoms with Crippen molar-refractivity contribution in [2.75, 3.05) is 13.1 Å². The lowest BCUT2D eigenvalue weighted by Crippen LogP contribution is -2.57. The summed E-state index contributed by atoms with van der Waals surface area (Å²) in [7, 11) is 0. The molecule has 1 amide bonds. The number of nitrogens with zero attached hydrogens (tertiary/aromatic N) is 2. The second kappa shape index (κ2) is 7.49. The molecular weight excluding hydrogens is 364 g/mol. The predicted octanol–water partition coefficient (Wildman–Crippen LogP) is 4.18. The molecule has 1 fully saturated rings. The third-order valence-electron chi connectivity index (χ3n) is 4.70. The molecule has 0 aliphatic carbocycles. The minimum absolute atomic E-state index is 0.112. The summed E-state index contributed by atoms with van der Waals surface area (Å²) in [5, 5.41) is 0. The van der Waals surface area contributed by atoms with Gasteiger partial charge in [-0.1, -0.05) is 42.5 Å². The number of carbonyl (C=O) groups excluding carboxylic acids is 1. The summed E-state index contributed by atoms with van der Waals surface area (Å²) >= 11 is 3.49. The van der Waals surface area contributed by atoms with E-state index >= 15 is 0 Å². The maximum atomic E-state index is 12.9. The molecule has 2 aromatic carbocycles. The molecule has 0 radical (unpaired) electrons. The molecule has 0 saturated carbocycles. The van der Waals surface area contributed by atoms with Crippen molar-refractivity contribution in [3.63, 3.8) is 0 Å². The second-order valence-corrected chi connectivity index (χ2v) is 7.40. The number of amides is 1. The van der Waals surface area contributed by atoms with Crippen LogP contribution in [0.5, 0.6) is 0 Å². The number of piperazine rings is 1. The molecule has 2 atom stereocenters. The van der Waals surface area contributed by atoms with Crippen LogP contribution < -0.4 is 0 Å². The molecule has 0 spiro atoms. The summed E-state index contributed by atoms with van der Waals surface area (Å²) in [6.07, 6.45) is 0. The van der Waals surface area contributed by atoms with Crippen LogP contribution in [-0.2, 0) is 6.54 Å². The van der Waals surface area contributed by atoms with Gasteiger partial charge in [0.2, 0.25) is 0 Å². The predicted molar refractivity (Wildman–Crippen MR) is 101 cm³/mol. The van der Waals surface area contributed by atoms with Crippen LogP contribution in [0.1, 0.15) is 29.8 Å². The van der Waals surface area contributed by atoms with Crippen molar-refractivity contribution >= 4 is 21.8 Å². The Morgan fingerprint density at radius 2 is 1.58 bits per heavy atom. The molecule has 0 aromatic heterocycles. The van der Waals surface area contributed by atoms with Crippen LogP contribution in [0.3, 0.4) is 0 Å². The Balaban J connectivity index is 1.71. The molecule has 3 rings (SSSR count). The van der Waals surface area contributed by atoms with Gasteiger partial charge >= 0.3 is 0 Å². The van der Waals surface area contributed by atoms with Gasteiger partial charge in [-0.2, -0.15) is 0 Å². The number of benzene rings is 2. The van der Waals surface area contributed by atoms with Gasteiger partial charge < -0.3 is 4.90 Å². The maximum Gasteiger partial charge on any atom is 0.255 e. The smallest absolute Gasteiger partial charge is 0.255 e. The van der Waals surface area contributed by atoms with Crippen LogP contribution in [0.15, 0.2) is 59.1 Å².